The van der Waals surface area contributed by atoms with Gasteiger partial charge in [-0.1, -0.05) is 88.2 Å². The van der Waals surface area contributed by atoms with Crippen LogP contribution in [0.5, 0.6) is 0 Å². The summed E-state index contributed by atoms with van der Waals surface area (Å²) in [5.41, 5.74) is 3.63. The monoisotopic (exact) mass is 520 g/mol. The average molecular weight is 521 g/mol. The van der Waals surface area contributed by atoms with E-state index < -0.39 is 11.6 Å². The van der Waals surface area contributed by atoms with Crippen LogP contribution >= 0.6 is 15.9 Å². The predicted molar refractivity (Wildman–Crippen MR) is 141 cm³/mol. The predicted octanol–water partition coefficient (Wildman–Crippen LogP) is 5.85. The van der Waals surface area contributed by atoms with E-state index in [4.69, 9.17) is 0 Å². The van der Waals surface area contributed by atoms with Crippen LogP contribution in [0.15, 0.2) is 83.3 Å². The number of halogens is 1. The molecule has 0 fully saturated rings. The van der Waals surface area contributed by atoms with Crippen molar-refractivity contribution in [2.75, 3.05) is 0 Å². The summed E-state index contributed by atoms with van der Waals surface area (Å²) in [4.78, 5) is 29.0. The second kappa shape index (κ2) is 11.5. The van der Waals surface area contributed by atoms with Gasteiger partial charge in [-0.15, -0.1) is 0 Å². The fourth-order valence-corrected chi connectivity index (χ4v) is 4.16. The van der Waals surface area contributed by atoms with Crippen LogP contribution in [0.3, 0.4) is 0 Å². The molecule has 3 aromatic carbocycles. The zero-order valence-corrected chi connectivity index (χ0v) is 21.9. The molecule has 0 aliphatic heterocycles. The number of hydrogen-bond acceptors (Lipinski definition) is 2. The molecular formula is C29H33BrN2O2. The number of hydrogen-bond donors (Lipinski definition) is 1. The second-order valence-electron chi connectivity index (χ2n) is 9.76. The number of aryl methyl sites for hydroxylation is 1. The van der Waals surface area contributed by atoms with Crippen molar-refractivity contribution < 1.29 is 9.59 Å². The third-order valence-corrected chi connectivity index (χ3v) is 6.00. The van der Waals surface area contributed by atoms with E-state index >= 15 is 0 Å². The smallest absolute Gasteiger partial charge is 0.243 e. The molecule has 0 aliphatic rings. The molecule has 0 spiro atoms. The van der Waals surface area contributed by atoms with E-state index in [0.717, 1.165) is 26.7 Å². The lowest BCUT2D eigenvalue weighted by atomic mass is 9.99. The Balaban J connectivity index is 1.98. The number of nitrogens with zero attached hydrogens (tertiary/aromatic N) is 1. The summed E-state index contributed by atoms with van der Waals surface area (Å²) in [6.07, 6.45) is 0.686. The van der Waals surface area contributed by atoms with Gasteiger partial charge < -0.3 is 10.2 Å². The molecule has 0 saturated carbocycles. The van der Waals surface area contributed by atoms with Crippen molar-refractivity contribution in [1.29, 1.82) is 0 Å². The first-order valence-corrected chi connectivity index (χ1v) is 12.4. The minimum atomic E-state index is -0.636. The molecule has 3 aromatic rings. The lowest BCUT2D eigenvalue weighted by molar-refractivity contribution is -0.141. The highest BCUT2D eigenvalue weighted by Crippen LogP contribution is 2.19. The van der Waals surface area contributed by atoms with Gasteiger partial charge in [0, 0.05) is 23.0 Å². The molecule has 0 aromatic heterocycles. The van der Waals surface area contributed by atoms with Crippen LogP contribution in [0.2, 0.25) is 0 Å². The molecule has 0 heterocycles. The van der Waals surface area contributed by atoms with Gasteiger partial charge in [0.2, 0.25) is 11.8 Å². The average Bonchev–Trinajstić information content (AvgIpc) is 2.77. The maximum atomic E-state index is 13.7. The Morgan fingerprint density at radius 1 is 0.882 bits per heavy atom. The highest BCUT2D eigenvalue weighted by Gasteiger charge is 2.32. The van der Waals surface area contributed by atoms with Gasteiger partial charge in [0.05, 0.1) is 6.42 Å². The fourth-order valence-electron chi connectivity index (χ4n) is 3.89. The van der Waals surface area contributed by atoms with Crippen molar-refractivity contribution in [2.24, 2.45) is 0 Å². The molecule has 1 atom stereocenters. The van der Waals surface area contributed by atoms with Gasteiger partial charge in [0.25, 0.3) is 0 Å². The van der Waals surface area contributed by atoms with E-state index in [-0.39, 0.29) is 18.2 Å². The van der Waals surface area contributed by atoms with Crippen molar-refractivity contribution in [3.05, 3.63) is 106 Å². The highest BCUT2D eigenvalue weighted by atomic mass is 79.9. The van der Waals surface area contributed by atoms with Gasteiger partial charge in [-0.25, -0.2) is 0 Å². The summed E-state index contributed by atoms with van der Waals surface area (Å²) in [5, 5.41) is 3.10. The van der Waals surface area contributed by atoms with Crippen LogP contribution in [0.1, 0.15) is 43.0 Å². The molecule has 5 heteroatoms. The molecule has 2 amide bonds. The van der Waals surface area contributed by atoms with E-state index in [1.54, 1.807) is 4.90 Å². The first kappa shape index (κ1) is 25.7. The van der Waals surface area contributed by atoms with Crippen LogP contribution in [-0.2, 0) is 29.0 Å². The minimum absolute atomic E-state index is 0.0708. The largest absolute Gasteiger partial charge is 0.350 e. The standard InChI is InChI=1S/C29H33BrN2O2/c1-21-9-8-12-24(17-21)19-27(33)32(20-23-13-15-25(30)16-14-23)26(28(34)31-29(2,3)4)18-22-10-6-5-7-11-22/h5-17,26H,18-20H2,1-4H3,(H,31,34)/t26-/m1/s1. The number of nitrogens with one attached hydrogen (secondary N) is 1. The highest BCUT2D eigenvalue weighted by molar-refractivity contribution is 9.10. The normalized spacial score (nSPS) is 12.1. The summed E-state index contributed by atoms with van der Waals surface area (Å²) in [5.74, 6) is -0.218. The molecule has 0 bridgehead atoms. The summed E-state index contributed by atoms with van der Waals surface area (Å²) < 4.78 is 0.972. The van der Waals surface area contributed by atoms with Gasteiger partial charge >= 0.3 is 0 Å². The van der Waals surface area contributed by atoms with Gasteiger partial charge in [0.1, 0.15) is 6.04 Å². The summed E-state index contributed by atoms with van der Waals surface area (Å²) >= 11 is 3.48. The van der Waals surface area contributed by atoms with Crippen molar-refractivity contribution in [1.82, 2.24) is 10.2 Å². The molecule has 0 unspecified atom stereocenters. The lowest BCUT2D eigenvalue weighted by Crippen LogP contribution is -2.54. The molecule has 1 N–H and O–H groups in total. The summed E-state index contributed by atoms with van der Waals surface area (Å²) in [7, 11) is 0. The Morgan fingerprint density at radius 3 is 2.15 bits per heavy atom. The van der Waals surface area contributed by atoms with Crippen LogP contribution < -0.4 is 5.32 Å². The first-order chi connectivity index (χ1) is 16.1. The number of rotatable bonds is 8. The maximum absolute atomic E-state index is 13.7. The number of carbonyl (C=O) groups excluding carboxylic acids is 2. The molecule has 0 saturated heterocycles. The SMILES string of the molecule is Cc1cccc(CC(=O)N(Cc2ccc(Br)cc2)[C@H](Cc2ccccc2)C(=O)NC(C)(C)C)c1. The summed E-state index contributed by atoms with van der Waals surface area (Å²) in [6, 6.07) is 25.1. The molecule has 3 rings (SSSR count). The zero-order valence-electron chi connectivity index (χ0n) is 20.3. The van der Waals surface area contributed by atoms with Crippen molar-refractivity contribution >= 4 is 27.7 Å². The molecule has 0 aliphatic carbocycles. The van der Waals surface area contributed by atoms with Crippen LogP contribution in [0.25, 0.3) is 0 Å². The molecule has 0 radical (unpaired) electrons. The molecule has 4 nitrogen and oxygen atoms in total. The molecule has 34 heavy (non-hydrogen) atoms. The van der Waals surface area contributed by atoms with Crippen molar-refractivity contribution in [3.8, 4) is 0 Å². The Kier molecular flexibility index (Phi) is 8.67. The number of carbonyl (C=O) groups is 2. The Bertz CT molecular complexity index is 1100. The van der Waals surface area contributed by atoms with Gasteiger partial charge in [-0.2, -0.15) is 0 Å². The van der Waals surface area contributed by atoms with E-state index in [2.05, 4.69) is 21.2 Å². The third kappa shape index (κ3) is 7.84. The van der Waals surface area contributed by atoms with E-state index in [1.807, 2.05) is 107 Å². The lowest BCUT2D eigenvalue weighted by Gasteiger charge is -2.34. The Labute approximate surface area is 211 Å². The molecule has 178 valence electrons. The fraction of sp³-hybridized carbons (Fsp3) is 0.310. The van der Waals surface area contributed by atoms with Crippen LogP contribution in [0.4, 0.5) is 0 Å². The zero-order chi connectivity index (χ0) is 24.7. The van der Waals surface area contributed by atoms with Crippen molar-refractivity contribution in [3.63, 3.8) is 0 Å². The van der Waals surface area contributed by atoms with E-state index in [9.17, 15) is 9.59 Å². The first-order valence-electron chi connectivity index (χ1n) is 11.6. The van der Waals surface area contributed by atoms with E-state index in [0.29, 0.717) is 13.0 Å². The number of benzene rings is 3. The second-order valence-corrected chi connectivity index (χ2v) is 10.7. The maximum Gasteiger partial charge on any atom is 0.243 e. The quantitative estimate of drug-likeness (QED) is 0.404. The summed E-state index contributed by atoms with van der Waals surface area (Å²) in [6.45, 7) is 8.24. The Hall–Kier alpha value is -2.92. The Morgan fingerprint density at radius 2 is 1.53 bits per heavy atom. The van der Waals surface area contributed by atoms with Gasteiger partial charge in [-0.3, -0.25) is 9.59 Å². The van der Waals surface area contributed by atoms with Gasteiger partial charge in [0.15, 0.2) is 0 Å². The van der Waals surface area contributed by atoms with Crippen LogP contribution in [0, 0.1) is 6.92 Å². The van der Waals surface area contributed by atoms with Gasteiger partial charge in [-0.05, 0) is 56.5 Å². The minimum Gasteiger partial charge on any atom is -0.350 e. The van der Waals surface area contributed by atoms with Crippen LogP contribution in [-0.4, -0.2) is 28.3 Å². The molecular weight excluding hydrogens is 488 g/mol. The van der Waals surface area contributed by atoms with E-state index in [1.165, 1.54) is 0 Å². The van der Waals surface area contributed by atoms with Crippen molar-refractivity contribution in [2.45, 2.75) is 58.7 Å². The topological polar surface area (TPSA) is 49.4 Å². The third-order valence-electron chi connectivity index (χ3n) is 5.47. The number of amides is 2.